The summed E-state index contributed by atoms with van der Waals surface area (Å²) in [6, 6.07) is 17.5. The lowest BCUT2D eigenvalue weighted by Gasteiger charge is -2.03. The summed E-state index contributed by atoms with van der Waals surface area (Å²) >= 11 is 0. The zero-order valence-electron chi connectivity index (χ0n) is 12.4. The molecule has 0 N–H and O–H groups in total. The Hall–Kier alpha value is -2.66. The Kier molecular flexibility index (Phi) is 4.68. The molecule has 3 rings (SSSR count). The highest BCUT2D eigenvalue weighted by molar-refractivity contribution is 5.89. The fourth-order valence-corrected chi connectivity index (χ4v) is 2.10. The van der Waals surface area contributed by atoms with Crippen molar-refractivity contribution in [3.05, 3.63) is 71.8 Å². The average Bonchev–Trinajstić information content (AvgIpc) is 3.37. The molecule has 0 spiro atoms. The normalized spacial score (nSPS) is 19.0. The van der Waals surface area contributed by atoms with Gasteiger partial charge >= 0.3 is 11.9 Å². The van der Waals surface area contributed by atoms with Crippen molar-refractivity contribution >= 4 is 11.9 Å². The molecule has 0 saturated carbocycles. The first kappa shape index (κ1) is 15.2. The van der Waals surface area contributed by atoms with Gasteiger partial charge in [-0.05, 0) is 24.3 Å². The van der Waals surface area contributed by atoms with Crippen molar-refractivity contribution in [1.82, 2.24) is 0 Å². The smallest absolute Gasteiger partial charge is 0.338 e. The first-order chi connectivity index (χ1) is 11.2. The van der Waals surface area contributed by atoms with E-state index in [2.05, 4.69) is 0 Å². The van der Waals surface area contributed by atoms with E-state index in [1.165, 1.54) is 0 Å². The van der Waals surface area contributed by atoms with Crippen LogP contribution in [0.1, 0.15) is 20.7 Å². The van der Waals surface area contributed by atoms with Gasteiger partial charge in [-0.15, -0.1) is 0 Å². The van der Waals surface area contributed by atoms with Gasteiger partial charge in [-0.1, -0.05) is 36.4 Å². The van der Waals surface area contributed by atoms with Crippen molar-refractivity contribution in [2.24, 2.45) is 0 Å². The molecular weight excluding hydrogens is 296 g/mol. The van der Waals surface area contributed by atoms with E-state index in [0.717, 1.165) is 0 Å². The molecule has 2 unspecified atom stereocenters. The zero-order chi connectivity index (χ0) is 16.1. The summed E-state index contributed by atoms with van der Waals surface area (Å²) in [5.41, 5.74) is 1.00. The summed E-state index contributed by atoms with van der Waals surface area (Å²) < 4.78 is 15.7. The largest absolute Gasteiger partial charge is 0.459 e. The predicted octanol–water partition coefficient (Wildman–Crippen LogP) is 2.47. The van der Waals surface area contributed by atoms with Crippen LogP contribution >= 0.6 is 0 Å². The SMILES string of the molecule is O=C(OCC1OC1COC(=O)c1ccccc1)c1ccccc1. The topological polar surface area (TPSA) is 65.1 Å². The van der Waals surface area contributed by atoms with Gasteiger partial charge in [0.2, 0.25) is 0 Å². The minimum absolute atomic E-state index is 0.154. The Morgan fingerprint density at radius 2 is 1.13 bits per heavy atom. The van der Waals surface area contributed by atoms with Gasteiger partial charge in [0.05, 0.1) is 11.1 Å². The molecule has 0 amide bonds. The Balaban J connectivity index is 1.37. The van der Waals surface area contributed by atoms with E-state index >= 15 is 0 Å². The van der Waals surface area contributed by atoms with E-state index in [0.29, 0.717) is 11.1 Å². The zero-order valence-corrected chi connectivity index (χ0v) is 12.4. The first-order valence-corrected chi connectivity index (χ1v) is 7.34. The minimum Gasteiger partial charge on any atom is -0.459 e. The lowest BCUT2D eigenvalue weighted by Crippen LogP contribution is -2.15. The lowest BCUT2D eigenvalue weighted by atomic mass is 10.2. The Bertz CT molecular complexity index is 609. The molecule has 1 aliphatic heterocycles. The van der Waals surface area contributed by atoms with E-state index in [4.69, 9.17) is 14.2 Å². The van der Waals surface area contributed by atoms with Gasteiger partial charge in [0.1, 0.15) is 25.4 Å². The molecular formula is C18H16O5. The number of epoxide rings is 1. The number of benzene rings is 2. The molecule has 0 aliphatic carbocycles. The van der Waals surface area contributed by atoms with Crippen molar-refractivity contribution in [2.75, 3.05) is 13.2 Å². The quantitative estimate of drug-likeness (QED) is 0.605. The van der Waals surface area contributed by atoms with Crippen LogP contribution in [0.4, 0.5) is 0 Å². The van der Waals surface area contributed by atoms with E-state index in [9.17, 15) is 9.59 Å². The number of ether oxygens (including phenoxy) is 3. The second-order valence-corrected chi connectivity index (χ2v) is 5.14. The molecule has 1 fully saturated rings. The van der Waals surface area contributed by atoms with Gasteiger partial charge in [-0.2, -0.15) is 0 Å². The summed E-state index contributed by atoms with van der Waals surface area (Å²) in [6.45, 7) is 0.308. The summed E-state index contributed by atoms with van der Waals surface area (Å²) in [7, 11) is 0. The summed E-state index contributed by atoms with van der Waals surface area (Å²) in [4.78, 5) is 23.5. The molecule has 1 aliphatic rings. The second-order valence-electron chi connectivity index (χ2n) is 5.14. The Morgan fingerprint density at radius 1 is 0.739 bits per heavy atom. The Labute approximate surface area is 133 Å². The van der Waals surface area contributed by atoms with Crippen LogP contribution in [0, 0.1) is 0 Å². The maximum absolute atomic E-state index is 11.8. The van der Waals surface area contributed by atoms with E-state index in [-0.39, 0.29) is 37.4 Å². The monoisotopic (exact) mass is 312 g/mol. The summed E-state index contributed by atoms with van der Waals surface area (Å²) in [5.74, 6) is -0.776. The number of carbonyl (C=O) groups excluding carboxylic acids is 2. The number of carbonyl (C=O) groups is 2. The van der Waals surface area contributed by atoms with Crippen molar-refractivity contribution in [1.29, 1.82) is 0 Å². The summed E-state index contributed by atoms with van der Waals surface area (Å²) in [5, 5.41) is 0. The van der Waals surface area contributed by atoms with Gasteiger partial charge in [0, 0.05) is 0 Å². The van der Waals surface area contributed by atoms with E-state index in [1.54, 1.807) is 48.5 Å². The molecule has 2 aromatic carbocycles. The van der Waals surface area contributed by atoms with Crippen LogP contribution in [0.5, 0.6) is 0 Å². The predicted molar refractivity (Wildman–Crippen MR) is 82.1 cm³/mol. The molecule has 1 heterocycles. The highest BCUT2D eigenvalue weighted by atomic mass is 16.6. The molecule has 0 aromatic heterocycles. The van der Waals surface area contributed by atoms with Crippen LogP contribution in [-0.4, -0.2) is 37.4 Å². The number of rotatable bonds is 6. The van der Waals surface area contributed by atoms with Gasteiger partial charge in [0.15, 0.2) is 0 Å². The lowest BCUT2D eigenvalue weighted by molar-refractivity contribution is 0.0464. The van der Waals surface area contributed by atoms with Crippen LogP contribution in [-0.2, 0) is 14.2 Å². The molecule has 5 nitrogen and oxygen atoms in total. The van der Waals surface area contributed by atoms with Crippen molar-refractivity contribution in [3.8, 4) is 0 Å². The van der Waals surface area contributed by atoms with Crippen LogP contribution in [0.2, 0.25) is 0 Å². The molecule has 2 aromatic rings. The molecule has 0 radical (unpaired) electrons. The number of esters is 2. The third-order valence-corrected chi connectivity index (χ3v) is 3.46. The van der Waals surface area contributed by atoms with Gasteiger partial charge in [0.25, 0.3) is 0 Å². The number of hydrogen-bond acceptors (Lipinski definition) is 5. The molecule has 5 heteroatoms. The van der Waals surface area contributed by atoms with Crippen LogP contribution in [0.25, 0.3) is 0 Å². The highest BCUT2D eigenvalue weighted by Gasteiger charge is 2.41. The molecule has 23 heavy (non-hydrogen) atoms. The van der Waals surface area contributed by atoms with Crippen LogP contribution in [0.3, 0.4) is 0 Å². The highest BCUT2D eigenvalue weighted by Crippen LogP contribution is 2.23. The Morgan fingerprint density at radius 3 is 1.52 bits per heavy atom. The molecule has 2 atom stereocenters. The van der Waals surface area contributed by atoms with Gasteiger partial charge in [-0.25, -0.2) is 9.59 Å². The average molecular weight is 312 g/mol. The number of hydrogen-bond donors (Lipinski definition) is 0. The standard InChI is InChI=1S/C18H16O5/c19-17(13-7-3-1-4-8-13)21-11-15-16(23-15)12-22-18(20)14-9-5-2-6-10-14/h1-10,15-16H,11-12H2. The molecule has 1 saturated heterocycles. The second kappa shape index (κ2) is 7.07. The third-order valence-electron chi connectivity index (χ3n) is 3.46. The maximum Gasteiger partial charge on any atom is 0.338 e. The van der Waals surface area contributed by atoms with Crippen molar-refractivity contribution < 1.29 is 23.8 Å². The fourth-order valence-electron chi connectivity index (χ4n) is 2.10. The minimum atomic E-state index is -0.388. The fraction of sp³-hybridized carbons (Fsp3) is 0.222. The first-order valence-electron chi connectivity index (χ1n) is 7.34. The van der Waals surface area contributed by atoms with Crippen LogP contribution in [0.15, 0.2) is 60.7 Å². The van der Waals surface area contributed by atoms with Gasteiger partial charge < -0.3 is 14.2 Å². The summed E-state index contributed by atoms with van der Waals surface area (Å²) in [6.07, 6.45) is -0.433. The third kappa shape index (κ3) is 4.17. The van der Waals surface area contributed by atoms with E-state index < -0.39 is 0 Å². The van der Waals surface area contributed by atoms with Gasteiger partial charge in [-0.3, -0.25) is 0 Å². The van der Waals surface area contributed by atoms with Crippen LogP contribution < -0.4 is 0 Å². The molecule has 0 bridgehead atoms. The van der Waals surface area contributed by atoms with E-state index in [1.807, 2.05) is 12.1 Å². The maximum atomic E-state index is 11.8. The van der Waals surface area contributed by atoms with Crippen molar-refractivity contribution in [2.45, 2.75) is 12.2 Å². The van der Waals surface area contributed by atoms with Crippen molar-refractivity contribution in [3.63, 3.8) is 0 Å². The molecule has 118 valence electrons.